The molecule has 5 rings (SSSR count). The standard InChI is InChI=1S/C29H26F3N5O2/c1-3-36-27-23(17(2)35-37(27)22-13-5-4-6-14-22)24(18-9-8-12-21(33)16-18)25(28(36)39)34-26(38)19-10-7-11-20(15-19)29(30,31)32/h4-16,24-25H,3,33H2,1-2H3,(H,34,38)/t24-,25+/m1/s1. The number of aryl methyl sites for hydroxylation is 1. The SMILES string of the molecule is CCN1C(=O)[C@@H](NC(=O)c2cccc(C(F)(F)F)c2)[C@H](c2cccc(N)c2)c2c(C)nn(-c3ccccc3)c21. The van der Waals surface area contributed by atoms with E-state index in [2.05, 4.69) is 5.32 Å². The van der Waals surface area contributed by atoms with E-state index in [9.17, 15) is 22.8 Å². The molecule has 2 amide bonds. The minimum atomic E-state index is -4.61. The molecule has 3 N–H and O–H groups in total. The Morgan fingerprint density at radius 1 is 1.03 bits per heavy atom. The number of fused-ring (bicyclic) bond motifs is 1. The van der Waals surface area contributed by atoms with Crippen molar-refractivity contribution < 1.29 is 22.8 Å². The van der Waals surface area contributed by atoms with Gasteiger partial charge < -0.3 is 11.1 Å². The summed E-state index contributed by atoms with van der Waals surface area (Å²) in [7, 11) is 0. The van der Waals surface area contributed by atoms with Crippen LogP contribution in [-0.4, -0.2) is 34.2 Å². The quantitative estimate of drug-likeness (QED) is 0.350. The van der Waals surface area contributed by atoms with E-state index in [0.29, 0.717) is 22.8 Å². The fourth-order valence-electron chi connectivity index (χ4n) is 5.11. The molecular formula is C29H26F3N5O2. The van der Waals surface area contributed by atoms with Gasteiger partial charge in [-0.2, -0.15) is 18.3 Å². The summed E-state index contributed by atoms with van der Waals surface area (Å²) in [5.74, 6) is -1.31. The van der Waals surface area contributed by atoms with Gasteiger partial charge in [0.15, 0.2) is 0 Å². The normalized spacial score (nSPS) is 17.2. The number of benzene rings is 3. The van der Waals surface area contributed by atoms with Crippen molar-refractivity contribution in [2.45, 2.75) is 32.0 Å². The summed E-state index contributed by atoms with van der Waals surface area (Å²) >= 11 is 0. The first-order valence-corrected chi connectivity index (χ1v) is 12.4. The maximum Gasteiger partial charge on any atom is 0.416 e. The highest BCUT2D eigenvalue weighted by Crippen LogP contribution is 2.43. The van der Waals surface area contributed by atoms with Crippen molar-refractivity contribution in [1.29, 1.82) is 0 Å². The zero-order valence-corrected chi connectivity index (χ0v) is 21.2. The Morgan fingerprint density at radius 2 is 1.74 bits per heavy atom. The fraction of sp³-hybridized carbons (Fsp3) is 0.207. The summed E-state index contributed by atoms with van der Waals surface area (Å²) in [6.45, 7) is 3.92. The molecule has 0 radical (unpaired) electrons. The number of nitrogen functional groups attached to an aromatic ring is 1. The average Bonchev–Trinajstić information content (AvgIpc) is 3.25. The first-order chi connectivity index (χ1) is 18.6. The van der Waals surface area contributed by atoms with Crippen molar-refractivity contribution in [3.8, 4) is 5.69 Å². The number of likely N-dealkylation sites (N-methyl/N-ethyl adjacent to an activating group) is 1. The molecule has 10 heteroatoms. The van der Waals surface area contributed by atoms with Crippen molar-refractivity contribution in [3.63, 3.8) is 0 Å². The Kier molecular flexibility index (Phi) is 6.63. The molecule has 0 unspecified atom stereocenters. The maximum absolute atomic E-state index is 14.0. The van der Waals surface area contributed by atoms with Gasteiger partial charge in [0.25, 0.3) is 11.8 Å². The highest BCUT2D eigenvalue weighted by atomic mass is 19.4. The van der Waals surface area contributed by atoms with Crippen LogP contribution in [0.2, 0.25) is 0 Å². The number of nitrogens with two attached hydrogens (primary N) is 1. The number of hydrogen-bond donors (Lipinski definition) is 2. The van der Waals surface area contributed by atoms with Crippen LogP contribution in [0.15, 0.2) is 78.9 Å². The second kappa shape index (κ2) is 9.94. The summed E-state index contributed by atoms with van der Waals surface area (Å²) in [6, 6.07) is 19.4. The largest absolute Gasteiger partial charge is 0.416 e. The smallest absolute Gasteiger partial charge is 0.399 e. The molecule has 2 heterocycles. The third-order valence-corrected chi connectivity index (χ3v) is 6.84. The average molecular weight is 534 g/mol. The lowest BCUT2D eigenvalue weighted by Gasteiger charge is -2.38. The van der Waals surface area contributed by atoms with Gasteiger partial charge in [-0.05, 0) is 61.9 Å². The lowest BCUT2D eigenvalue weighted by atomic mass is 9.81. The number of amides is 2. The van der Waals surface area contributed by atoms with Crippen LogP contribution in [0.5, 0.6) is 0 Å². The topological polar surface area (TPSA) is 93.2 Å². The highest BCUT2D eigenvalue weighted by molar-refractivity contribution is 6.05. The van der Waals surface area contributed by atoms with E-state index in [1.54, 1.807) is 27.8 Å². The number of nitrogens with zero attached hydrogens (tertiary/aromatic N) is 3. The lowest BCUT2D eigenvalue weighted by molar-refractivity contribution is -0.137. The number of aromatic nitrogens is 2. The third-order valence-electron chi connectivity index (χ3n) is 6.84. The third kappa shape index (κ3) is 4.73. The van der Waals surface area contributed by atoms with Gasteiger partial charge in [0.05, 0.1) is 16.9 Å². The van der Waals surface area contributed by atoms with E-state index in [1.165, 1.54) is 12.1 Å². The first-order valence-electron chi connectivity index (χ1n) is 12.4. The molecule has 7 nitrogen and oxygen atoms in total. The van der Waals surface area contributed by atoms with E-state index in [-0.39, 0.29) is 12.1 Å². The summed E-state index contributed by atoms with van der Waals surface area (Å²) in [5, 5.41) is 7.50. The predicted molar refractivity (Wildman–Crippen MR) is 142 cm³/mol. The van der Waals surface area contributed by atoms with Gasteiger partial charge >= 0.3 is 6.18 Å². The molecule has 0 saturated carbocycles. The number of halogens is 3. The number of anilines is 2. The second-order valence-corrected chi connectivity index (χ2v) is 9.33. The summed E-state index contributed by atoms with van der Waals surface area (Å²) in [6.07, 6.45) is -4.61. The van der Waals surface area contributed by atoms with Gasteiger partial charge in [0, 0.05) is 29.3 Å². The number of rotatable bonds is 5. The number of carbonyl (C=O) groups excluding carboxylic acids is 2. The van der Waals surface area contributed by atoms with E-state index < -0.39 is 35.5 Å². The molecule has 0 aliphatic carbocycles. The molecule has 39 heavy (non-hydrogen) atoms. The number of hydrogen-bond acceptors (Lipinski definition) is 4. The van der Waals surface area contributed by atoms with E-state index in [0.717, 1.165) is 23.4 Å². The van der Waals surface area contributed by atoms with Gasteiger partial charge in [-0.15, -0.1) is 0 Å². The molecule has 200 valence electrons. The summed E-state index contributed by atoms with van der Waals surface area (Å²) in [5.41, 5.74) is 8.21. The van der Waals surface area contributed by atoms with E-state index in [1.807, 2.05) is 50.2 Å². The molecule has 2 atom stereocenters. The summed E-state index contributed by atoms with van der Waals surface area (Å²) < 4.78 is 41.6. The number of carbonyl (C=O) groups is 2. The Bertz CT molecular complexity index is 1550. The first kappa shape index (κ1) is 26.0. The Balaban J connectivity index is 1.66. The molecule has 0 fully saturated rings. The van der Waals surface area contributed by atoms with Crippen LogP contribution in [0.4, 0.5) is 24.7 Å². The van der Waals surface area contributed by atoms with Crippen molar-refractivity contribution in [2.24, 2.45) is 0 Å². The van der Waals surface area contributed by atoms with Gasteiger partial charge in [0.1, 0.15) is 11.9 Å². The van der Waals surface area contributed by atoms with Crippen LogP contribution in [0, 0.1) is 6.92 Å². The lowest BCUT2D eigenvalue weighted by Crippen LogP contribution is -2.55. The van der Waals surface area contributed by atoms with Gasteiger partial charge in [-0.25, -0.2) is 4.68 Å². The Labute approximate surface area is 223 Å². The van der Waals surface area contributed by atoms with Gasteiger partial charge in [-0.1, -0.05) is 36.4 Å². The van der Waals surface area contributed by atoms with Crippen molar-refractivity contribution in [1.82, 2.24) is 15.1 Å². The monoisotopic (exact) mass is 533 g/mol. The van der Waals surface area contributed by atoms with Gasteiger partial charge in [-0.3, -0.25) is 14.5 Å². The summed E-state index contributed by atoms with van der Waals surface area (Å²) in [4.78, 5) is 28.9. The molecule has 4 aromatic rings. The zero-order chi connectivity index (χ0) is 27.9. The zero-order valence-electron chi connectivity index (χ0n) is 21.2. The molecule has 0 spiro atoms. The second-order valence-electron chi connectivity index (χ2n) is 9.33. The fourth-order valence-corrected chi connectivity index (χ4v) is 5.11. The minimum absolute atomic E-state index is 0.200. The molecule has 3 aromatic carbocycles. The highest BCUT2D eigenvalue weighted by Gasteiger charge is 2.45. The van der Waals surface area contributed by atoms with Crippen molar-refractivity contribution in [2.75, 3.05) is 17.2 Å². The maximum atomic E-state index is 14.0. The minimum Gasteiger partial charge on any atom is -0.399 e. The molecule has 0 bridgehead atoms. The number of nitrogens with one attached hydrogen (secondary N) is 1. The van der Waals surface area contributed by atoms with Crippen LogP contribution < -0.4 is 16.0 Å². The predicted octanol–water partition coefficient (Wildman–Crippen LogP) is 5.08. The Hall–Kier alpha value is -4.60. The molecule has 1 aromatic heterocycles. The number of alkyl halides is 3. The van der Waals surface area contributed by atoms with Crippen LogP contribution in [0.25, 0.3) is 5.69 Å². The molecular weight excluding hydrogens is 507 g/mol. The van der Waals surface area contributed by atoms with Crippen molar-refractivity contribution in [3.05, 3.63) is 107 Å². The molecule has 1 aliphatic rings. The van der Waals surface area contributed by atoms with Crippen molar-refractivity contribution >= 4 is 23.3 Å². The van der Waals surface area contributed by atoms with Gasteiger partial charge in [0.2, 0.25) is 0 Å². The van der Waals surface area contributed by atoms with E-state index >= 15 is 0 Å². The van der Waals surface area contributed by atoms with Crippen LogP contribution in [-0.2, 0) is 11.0 Å². The number of para-hydroxylation sites is 1. The van der Waals surface area contributed by atoms with Crippen LogP contribution >= 0.6 is 0 Å². The van der Waals surface area contributed by atoms with Crippen LogP contribution in [0.3, 0.4) is 0 Å². The molecule has 1 aliphatic heterocycles. The van der Waals surface area contributed by atoms with E-state index in [4.69, 9.17) is 10.8 Å². The Morgan fingerprint density at radius 3 is 2.41 bits per heavy atom. The van der Waals surface area contributed by atoms with Crippen LogP contribution in [0.1, 0.15) is 45.6 Å². The molecule has 0 saturated heterocycles.